The van der Waals surface area contributed by atoms with Gasteiger partial charge in [0, 0.05) is 12.6 Å². The number of aryl methyl sites for hydroxylation is 1. The van der Waals surface area contributed by atoms with Gasteiger partial charge in [-0.2, -0.15) is 0 Å². The Morgan fingerprint density at radius 2 is 2.06 bits per heavy atom. The van der Waals surface area contributed by atoms with Crippen LogP contribution < -0.4 is 10.6 Å². The number of fused-ring (bicyclic) bond motifs is 1. The van der Waals surface area contributed by atoms with E-state index in [4.69, 9.17) is 0 Å². The standard InChI is InChI=1S/C14H22N2/c1-3-5-11-7-8-13-14(9-11)16-12(6-4-2)10-15-13/h7-9,12,15-16H,3-6,10H2,1-2H3. The van der Waals surface area contributed by atoms with Gasteiger partial charge in [0.15, 0.2) is 0 Å². The first-order valence-corrected chi connectivity index (χ1v) is 6.46. The Kier molecular flexibility index (Phi) is 3.70. The minimum absolute atomic E-state index is 0.592. The van der Waals surface area contributed by atoms with Crippen LogP contribution in [-0.2, 0) is 6.42 Å². The van der Waals surface area contributed by atoms with Gasteiger partial charge in [0.05, 0.1) is 11.4 Å². The molecule has 88 valence electrons. The second kappa shape index (κ2) is 5.24. The topological polar surface area (TPSA) is 24.1 Å². The van der Waals surface area contributed by atoms with Gasteiger partial charge in [-0.25, -0.2) is 0 Å². The second-order valence-electron chi connectivity index (χ2n) is 4.64. The van der Waals surface area contributed by atoms with Crippen molar-refractivity contribution in [1.29, 1.82) is 0 Å². The smallest absolute Gasteiger partial charge is 0.0581 e. The van der Waals surface area contributed by atoms with Crippen LogP contribution in [0.15, 0.2) is 18.2 Å². The quantitative estimate of drug-likeness (QED) is 0.806. The highest BCUT2D eigenvalue weighted by atomic mass is 15.1. The first kappa shape index (κ1) is 11.3. The summed E-state index contributed by atoms with van der Waals surface area (Å²) in [5.41, 5.74) is 3.98. The SMILES string of the molecule is CCCc1ccc2c(c1)NC(CCC)CN2. The summed E-state index contributed by atoms with van der Waals surface area (Å²) in [6.07, 6.45) is 4.87. The molecule has 16 heavy (non-hydrogen) atoms. The van der Waals surface area contributed by atoms with Crippen LogP contribution in [-0.4, -0.2) is 12.6 Å². The number of benzene rings is 1. The molecular formula is C14H22N2. The molecule has 1 atom stereocenters. The number of anilines is 2. The van der Waals surface area contributed by atoms with Gasteiger partial charge in [0.1, 0.15) is 0 Å². The normalized spacial score (nSPS) is 18.5. The fourth-order valence-electron chi connectivity index (χ4n) is 2.34. The maximum atomic E-state index is 3.63. The second-order valence-corrected chi connectivity index (χ2v) is 4.64. The molecule has 2 nitrogen and oxygen atoms in total. The molecule has 0 aromatic heterocycles. The highest BCUT2D eigenvalue weighted by Gasteiger charge is 2.16. The van der Waals surface area contributed by atoms with E-state index in [1.165, 1.54) is 42.6 Å². The molecule has 2 heteroatoms. The van der Waals surface area contributed by atoms with Crippen LogP contribution in [0.3, 0.4) is 0 Å². The van der Waals surface area contributed by atoms with Crippen molar-refractivity contribution in [2.45, 2.75) is 45.6 Å². The Morgan fingerprint density at radius 1 is 1.19 bits per heavy atom. The van der Waals surface area contributed by atoms with Gasteiger partial charge in [-0.05, 0) is 30.5 Å². The van der Waals surface area contributed by atoms with Crippen LogP contribution in [0, 0.1) is 0 Å². The van der Waals surface area contributed by atoms with Crippen LogP contribution in [0.5, 0.6) is 0 Å². The molecule has 1 aliphatic heterocycles. The highest BCUT2D eigenvalue weighted by molar-refractivity contribution is 5.72. The molecule has 2 rings (SSSR count). The predicted octanol–water partition coefficient (Wildman–Crippen LogP) is 3.65. The van der Waals surface area contributed by atoms with Crippen LogP contribution in [0.4, 0.5) is 11.4 Å². The summed E-state index contributed by atoms with van der Waals surface area (Å²) in [6.45, 7) is 5.52. The zero-order valence-corrected chi connectivity index (χ0v) is 10.3. The molecule has 0 aliphatic carbocycles. The van der Waals surface area contributed by atoms with Crippen molar-refractivity contribution in [1.82, 2.24) is 0 Å². The van der Waals surface area contributed by atoms with Crippen LogP contribution in [0.1, 0.15) is 38.7 Å². The molecule has 1 aromatic rings. The van der Waals surface area contributed by atoms with Crippen molar-refractivity contribution < 1.29 is 0 Å². The molecule has 1 heterocycles. The monoisotopic (exact) mass is 218 g/mol. The Hall–Kier alpha value is -1.18. The van der Waals surface area contributed by atoms with Crippen molar-refractivity contribution in [3.05, 3.63) is 23.8 Å². The molecule has 0 fully saturated rings. The zero-order valence-electron chi connectivity index (χ0n) is 10.3. The highest BCUT2D eigenvalue weighted by Crippen LogP contribution is 2.28. The van der Waals surface area contributed by atoms with Crippen molar-refractivity contribution >= 4 is 11.4 Å². The largest absolute Gasteiger partial charge is 0.381 e. The third-order valence-electron chi connectivity index (χ3n) is 3.16. The molecule has 2 N–H and O–H groups in total. The third kappa shape index (κ3) is 2.49. The van der Waals surface area contributed by atoms with Gasteiger partial charge in [-0.3, -0.25) is 0 Å². The summed E-state index contributed by atoms with van der Waals surface area (Å²) in [6, 6.07) is 7.33. The van der Waals surface area contributed by atoms with E-state index in [9.17, 15) is 0 Å². The summed E-state index contributed by atoms with van der Waals surface area (Å²) in [4.78, 5) is 0. The Balaban J connectivity index is 2.12. The van der Waals surface area contributed by atoms with E-state index in [1.54, 1.807) is 0 Å². The molecule has 1 aromatic carbocycles. The molecule has 0 amide bonds. The van der Waals surface area contributed by atoms with Crippen LogP contribution >= 0.6 is 0 Å². The number of rotatable bonds is 4. The summed E-state index contributed by atoms with van der Waals surface area (Å²) in [5.74, 6) is 0. The zero-order chi connectivity index (χ0) is 11.4. The molecule has 0 saturated heterocycles. The van der Waals surface area contributed by atoms with E-state index >= 15 is 0 Å². The Morgan fingerprint density at radius 3 is 2.81 bits per heavy atom. The Labute approximate surface area is 98.4 Å². The van der Waals surface area contributed by atoms with E-state index < -0.39 is 0 Å². The lowest BCUT2D eigenvalue weighted by Gasteiger charge is -2.28. The minimum Gasteiger partial charge on any atom is -0.381 e. The summed E-state index contributed by atoms with van der Waals surface area (Å²) < 4.78 is 0. The molecular weight excluding hydrogens is 196 g/mol. The molecule has 0 saturated carbocycles. The van der Waals surface area contributed by atoms with E-state index in [-0.39, 0.29) is 0 Å². The summed E-state index contributed by atoms with van der Waals surface area (Å²) in [7, 11) is 0. The first-order chi connectivity index (χ1) is 7.83. The average Bonchev–Trinajstić information content (AvgIpc) is 2.29. The van der Waals surface area contributed by atoms with Crippen molar-refractivity contribution in [3.8, 4) is 0 Å². The Bertz CT molecular complexity index is 347. The van der Waals surface area contributed by atoms with E-state index in [2.05, 4.69) is 42.7 Å². The number of hydrogen-bond donors (Lipinski definition) is 2. The lowest BCUT2D eigenvalue weighted by atomic mass is 10.0. The number of hydrogen-bond acceptors (Lipinski definition) is 2. The van der Waals surface area contributed by atoms with Gasteiger partial charge in [-0.15, -0.1) is 0 Å². The molecule has 1 unspecified atom stereocenters. The van der Waals surface area contributed by atoms with Crippen LogP contribution in [0.25, 0.3) is 0 Å². The van der Waals surface area contributed by atoms with Gasteiger partial charge < -0.3 is 10.6 Å². The van der Waals surface area contributed by atoms with Crippen molar-refractivity contribution in [3.63, 3.8) is 0 Å². The minimum atomic E-state index is 0.592. The van der Waals surface area contributed by atoms with Gasteiger partial charge >= 0.3 is 0 Å². The maximum Gasteiger partial charge on any atom is 0.0581 e. The molecule has 0 radical (unpaired) electrons. The molecule has 0 bridgehead atoms. The van der Waals surface area contributed by atoms with Crippen molar-refractivity contribution in [2.24, 2.45) is 0 Å². The van der Waals surface area contributed by atoms with Gasteiger partial charge in [0.25, 0.3) is 0 Å². The first-order valence-electron chi connectivity index (χ1n) is 6.46. The number of nitrogens with one attached hydrogen (secondary N) is 2. The third-order valence-corrected chi connectivity index (χ3v) is 3.16. The lowest BCUT2D eigenvalue weighted by Crippen LogP contribution is -2.32. The van der Waals surface area contributed by atoms with Crippen molar-refractivity contribution in [2.75, 3.05) is 17.2 Å². The molecule has 0 spiro atoms. The van der Waals surface area contributed by atoms with Gasteiger partial charge in [-0.1, -0.05) is 32.8 Å². The van der Waals surface area contributed by atoms with Gasteiger partial charge in [0.2, 0.25) is 0 Å². The average molecular weight is 218 g/mol. The van der Waals surface area contributed by atoms with E-state index in [0.717, 1.165) is 6.54 Å². The fourth-order valence-corrected chi connectivity index (χ4v) is 2.34. The van der Waals surface area contributed by atoms with Crippen LogP contribution in [0.2, 0.25) is 0 Å². The van der Waals surface area contributed by atoms with E-state index in [0.29, 0.717) is 6.04 Å². The summed E-state index contributed by atoms with van der Waals surface area (Å²) in [5, 5.41) is 7.14. The summed E-state index contributed by atoms with van der Waals surface area (Å²) >= 11 is 0. The lowest BCUT2D eigenvalue weighted by molar-refractivity contribution is 0.655. The fraction of sp³-hybridized carbons (Fsp3) is 0.571. The maximum absolute atomic E-state index is 3.63. The van der Waals surface area contributed by atoms with E-state index in [1.807, 2.05) is 0 Å². The molecule has 1 aliphatic rings. The predicted molar refractivity (Wildman–Crippen MR) is 71.2 cm³/mol.